The predicted octanol–water partition coefficient (Wildman–Crippen LogP) is 1.65. The van der Waals surface area contributed by atoms with Crippen LogP contribution in [-0.2, 0) is 14.8 Å². The Morgan fingerprint density at radius 2 is 1.62 bits per heavy atom. The lowest BCUT2D eigenvalue weighted by molar-refractivity contribution is -0.130. The molecule has 0 spiro atoms. The number of carbonyl (C=O) groups is 1. The van der Waals surface area contributed by atoms with Gasteiger partial charge in [-0.25, -0.2) is 8.42 Å². The van der Waals surface area contributed by atoms with Gasteiger partial charge in [0.05, 0.1) is 31.3 Å². The molecule has 1 saturated heterocycles. The van der Waals surface area contributed by atoms with E-state index < -0.39 is 10.0 Å². The van der Waals surface area contributed by atoms with Gasteiger partial charge >= 0.3 is 0 Å². The molecule has 1 fully saturated rings. The summed E-state index contributed by atoms with van der Waals surface area (Å²) in [7, 11) is -0.488. The van der Waals surface area contributed by atoms with Gasteiger partial charge in [0.2, 0.25) is 15.9 Å². The fourth-order valence-corrected chi connectivity index (χ4v) is 4.57. The largest absolute Gasteiger partial charge is 0.497 e. The summed E-state index contributed by atoms with van der Waals surface area (Å²) in [6.45, 7) is 1.33. The number of anilines is 1. The molecule has 1 heterocycles. The topological polar surface area (TPSA) is 88.2 Å². The van der Waals surface area contributed by atoms with E-state index in [1.54, 1.807) is 24.1 Å². The Bertz CT molecular complexity index is 939. The van der Waals surface area contributed by atoms with E-state index in [0.717, 1.165) is 5.69 Å². The molecule has 1 amide bonds. The molecule has 0 bridgehead atoms. The number of amides is 1. The van der Waals surface area contributed by atoms with Gasteiger partial charge < -0.3 is 19.7 Å². The molecule has 0 radical (unpaired) electrons. The molecule has 0 atom stereocenters. The van der Waals surface area contributed by atoms with Crippen LogP contribution in [0.1, 0.15) is 0 Å². The Labute approximate surface area is 171 Å². The smallest absolute Gasteiger partial charge is 0.243 e. The van der Waals surface area contributed by atoms with E-state index in [9.17, 15) is 13.2 Å². The highest BCUT2D eigenvalue weighted by atomic mass is 32.2. The lowest BCUT2D eigenvalue weighted by Crippen LogP contribution is -2.51. The number of piperazine rings is 1. The van der Waals surface area contributed by atoms with Crippen LogP contribution in [0.25, 0.3) is 0 Å². The molecule has 1 aliphatic rings. The summed E-state index contributed by atoms with van der Waals surface area (Å²) in [6.07, 6.45) is 0. The highest BCUT2D eigenvalue weighted by Gasteiger charge is 2.30. The Morgan fingerprint density at radius 3 is 2.24 bits per heavy atom. The first-order valence-corrected chi connectivity index (χ1v) is 10.7. The molecule has 9 heteroatoms. The quantitative estimate of drug-likeness (QED) is 0.734. The molecule has 1 N–H and O–H groups in total. The van der Waals surface area contributed by atoms with Crippen molar-refractivity contribution in [3.8, 4) is 11.5 Å². The Kier molecular flexibility index (Phi) is 6.60. The number of benzene rings is 2. The first-order valence-electron chi connectivity index (χ1n) is 9.24. The number of nitrogens with one attached hydrogen (secondary N) is 1. The van der Waals surface area contributed by atoms with Gasteiger partial charge in [-0.3, -0.25) is 4.79 Å². The lowest BCUT2D eigenvalue weighted by atomic mass is 10.3. The summed E-state index contributed by atoms with van der Waals surface area (Å²) >= 11 is 0. The molecule has 1 aliphatic heterocycles. The summed E-state index contributed by atoms with van der Waals surface area (Å²) < 4.78 is 37.3. The summed E-state index contributed by atoms with van der Waals surface area (Å²) in [5.74, 6) is 1.18. The van der Waals surface area contributed by atoms with Gasteiger partial charge in [0.25, 0.3) is 0 Å². The Hall–Kier alpha value is -2.78. The van der Waals surface area contributed by atoms with Crippen molar-refractivity contribution in [3.05, 3.63) is 48.5 Å². The predicted molar refractivity (Wildman–Crippen MR) is 110 cm³/mol. The maximum absolute atomic E-state index is 12.8. The van der Waals surface area contributed by atoms with Crippen LogP contribution in [-0.4, -0.2) is 70.5 Å². The van der Waals surface area contributed by atoms with Crippen molar-refractivity contribution >= 4 is 21.6 Å². The molecular formula is C20H25N3O5S. The third-order valence-corrected chi connectivity index (χ3v) is 6.74. The van der Waals surface area contributed by atoms with Gasteiger partial charge in [0.15, 0.2) is 0 Å². The second-order valence-corrected chi connectivity index (χ2v) is 8.45. The lowest BCUT2D eigenvalue weighted by Gasteiger charge is -2.34. The Balaban J connectivity index is 1.56. The molecule has 0 saturated carbocycles. The van der Waals surface area contributed by atoms with Gasteiger partial charge in [-0.15, -0.1) is 0 Å². The third kappa shape index (κ3) is 4.80. The number of hydrogen-bond acceptors (Lipinski definition) is 6. The zero-order chi connectivity index (χ0) is 20.9. The van der Waals surface area contributed by atoms with Gasteiger partial charge in [0.1, 0.15) is 11.5 Å². The molecule has 0 aromatic heterocycles. The van der Waals surface area contributed by atoms with E-state index in [4.69, 9.17) is 9.47 Å². The summed E-state index contributed by atoms with van der Waals surface area (Å²) in [5, 5.41) is 3.08. The van der Waals surface area contributed by atoms with Crippen molar-refractivity contribution in [1.82, 2.24) is 9.21 Å². The highest BCUT2D eigenvalue weighted by molar-refractivity contribution is 7.89. The number of methoxy groups -OCH3 is 2. The minimum Gasteiger partial charge on any atom is -0.497 e. The summed E-state index contributed by atoms with van der Waals surface area (Å²) in [5.41, 5.74) is 0.740. The van der Waals surface area contributed by atoms with Crippen molar-refractivity contribution in [1.29, 1.82) is 0 Å². The maximum atomic E-state index is 12.8. The van der Waals surface area contributed by atoms with Crippen LogP contribution in [0.4, 0.5) is 5.69 Å². The van der Waals surface area contributed by atoms with Crippen molar-refractivity contribution < 1.29 is 22.7 Å². The van der Waals surface area contributed by atoms with Crippen LogP contribution in [0.3, 0.4) is 0 Å². The zero-order valence-corrected chi connectivity index (χ0v) is 17.3. The SMILES string of the molecule is COc1ccc(S(=O)(=O)N2CCN(C(=O)CNc3ccccc3OC)CC2)cc1. The van der Waals surface area contributed by atoms with Gasteiger partial charge in [-0.2, -0.15) is 4.31 Å². The number of para-hydroxylation sites is 2. The molecule has 0 unspecified atom stereocenters. The second-order valence-electron chi connectivity index (χ2n) is 6.51. The fraction of sp³-hybridized carbons (Fsp3) is 0.350. The molecule has 8 nitrogen and oxygen atoms in total. The average Bonchev–Trinajstić information content (AvgIpc) is 2.77. The van der Waals surface area contributed by atoms with Gasteiger partial charge in [-0.05, 0) is 36.4 Å². The fourth-order valence-electron chi connectivity index (χ4n) is 3.15. The number of rotatable bonds is 7. The normalized spacial score (nSPS) is 15.0. The standard InChI is InChI=1S/C20H25N3O5S/c1-27-16-7-9-17(10-8-16)29(25,26)23-13-11-22(12-14-23)20(24)15-21-18-5-3-4-6-19(18)28-2/h3-10,21H,11-15H2,1-2H3. The number of hydrogen-bond donors (Lipinski definition) is 1. The minimum absolute atomic E-state index is 0.0857. The molecule has 29 heavy (non-hydrogen) atoms. The first kappa shape index (κ1) is 20.9. The average molecular weight is 420 g/mol. The number of nitrogens with zero attached hydrogens (tertiary/aromatic N) is 2. The van der Waals surface area contributed by atoms with Crippen molar-refractivity contribution in [2.75, 3.05) is 52.3 Å². The van der Waals surface area contributed by atoms with Crippen LogP contribution in [0.15, 0.2) is 53.4 Å². The van der Waals surface area contributed by atoms with Gasteiger partial charge in [-0.1, -0.05) is 12.1 Å². The van der Waals surface area contributed by atoms with Crippen LogP contribution in [0.2, 0.25) is 0 Å². The minimum atomic E-state index is -3.59. The van der Waals surface area contributed by atoms with Crippen molar-refractivity contribution in [2.24, 2.45) is 0 Å². The number of carbonyl (C=O) groups excluding carboxylic acids is 1. The maximum Gasteiger partial charge on any atom is 0.243 e. The molecule has 3 rings (SSSR count). The van der Waals surface area contributed by atoms with Crippen molar-refractivity contribution in [2.45, 2.75) is 4.90 Å². The molecule has 2 aromatic carbocycles. The summed E-state index contributed by atoms with van der Waals surface area (Å²) in [4.78, 5) is 14.4. The molecule has 0 aliphatic carbocycles. The van der Waals surface area contributed by atoms with Crippen LogP contribution >= 0.6 is 0 Å². The van der Waals surface area contributed by atoms with E-state index in [-0.39, 0.29) is 30.4 Å². The van der Waals surface area contributed by atoms with E-state index in [1.807, 2.05) is 24.3 Å². The van der Waals surface area contributed by atoms with E-state index in [0.29, 0.717) is 24.6 Å². The molecular weight excluding hydrogens is 394 g/mol. The van der Waals surface area contributed by atoms with E-state index in [2.05, 4.69) is 5.32 Å². The first-order chi connectivity index (χ1) is 14.0. The monoisotopic (exact) mass is 419 g/mol. The van der Waals surface area contributed by atoms with Crippen LogP contribution < -0.4 is 14.8 Å². The summed E-state index contributed by atoms with van der Waals surface area (Å²) in [6, 6.07) is 13.7. The number of sulfonamides is 1. The number of ether oxygens (including phenoxy) is 2. The van der Waals surface area contributed by atoms with Gasteiger partial charge in [0, 0.05) is 26.2 Å². The van der Waals surface area contributed by atoms with Crippen LogP contribution in [0, 0.1) is 0 Å². The highest BCUT2D eigenvalue weighted by Crippen LogP contribution is 2.23. The van der Waals surface area contributed by atoms with E-state index in [1.165, 1.54) is 23.5 Å². The third-order valence-electron chi connectivity index (χ3n) is 4.83. The van der Waals surface area contributed by atoms with E-state index >= 15 is 0 Å². The Morgan fingerprint density at radius 1 is 0.966 bits per heavy atom. The van der Waals surface area contributed by atoms with Crippen molar-refractivity contribution in [3.63, 3.8) is 0 Å². The molecule has 156 valence electrons. The second kappa shape index (κ2) is 9.15. The zero-order valence-electron chi connectivity index (χ0n) is 16.5. The van der Waals surface area contributed by atoms with Crippen LogP contribution in [0.5, 0.6) is 11.5 Å². The molecule has 2 aromatic rings.